The van der Waals surface area contributed by atoms with Crippen molar-refractivity contribution in [2.75, 3.05) is 6.61 Å². The Bertz CT molecular complexity index is 287. The second kappa shape index (κ2) is 6.15. The third kappa shape index (κ3) is 3.39. The number of hydrogen-bond acceptors (Lipinski definition) is 1. The number of ether oxygens (including phenoxy) is 1. The van der Waals surface area contributed by atoms with Crippen LogP contribution in [-0.4, -0.2) is 6.61 Å². The Morgan fingerprint density at radius 1 is 1.36 bits per heavy atom. The average Bonchev–Trinajstić information content (AvgIpc) is 2.20. The quantitative estimate of drug-likeness (QED) is 0.545. The smallest absolute Gasteiger partial charge is 0.137 e. The minimum Gasteiger partial charge on any atom is -0.492 e. The zero-order valence-electron chi connectivity index (χ0n) is 8.22. The Hall–Kier alpha value is -0.400. The molecule has 0 atom stereocenters. The normalized spacial score (nSPS) is 10.2. The van der Waals surface area contributed by atoms with E-state index in [2.05, 4.69) is 6.92 Å². The van der Waals surface area contributed by atoms with Crippen LogP contribution in [0.15, 0.2) is 18.2 Å². The zero-order chi connectivity index (χ0) is 10.4. The molecule has 14 heavy (non-hydrogen) atoms. The first-order valence-electron chi connectivity index (χ1n) is 4.75. The van der Waals surface area contributed by atoms with E-state index >= 15 is 0 Å². The number of hydrogen-bond donors (Lipinski definition) is 0. The number of halogens is 2. The van der Waals surface area contributed by atoms with E-state index < -0.39 is 0 Å². The van der Waals surface area contributed by atoms with E-state index in [1.165, 1.54) is 0 Å². The van der Waals surface area contributed by atoms with Gasteiger partial charge in [0, 0.05) is 5.88 Å². The molecule has 0 aliphatic heterocycles. The molecule has 1 aromatic rings. The van der Waals surface area contributed by atoms with Crippen LogP contribution in [0.4, 0.5) is 0 Å². The molecule has 0 radical (unpaired) electrons. The first kappa shape index (κ1) is 11.7. The van der Waals surface area contributed by atoms with Gasteiger partial charge in [0.1, 0.15) is 5.75 Å². The molecule has 1 nitrogen and oxygen atoms in total. The molecule has 0 aromatic heterocycles. The van der Waals surface area contributed by atoms with Crippen LogP contribution in [0, 0.1) is 0 Å². The molecule has 0 saturated heterocycles. The summed E-state index contributed by atoms with van der Waals surface area (Å²) in [6.07, 6.45) is 2.17. The van der Waals surface area contributed by atoms with Gasteiger partial charge in [0.05, 0.1) is 11.6 Å². The Balaban J connectivity index is 2.59. The first-order valence-corrected chi connectivity index (χ1v) is 5.66. The van der Waals surface area contributed by atoms with E-state index in [0.29, 0.717) is 10.9 Å². The van der Waals surface area contributed by atoms with Gasteiger partial charge in [0.25, 0.3) is 0 Å². The third-order valence-electron chi connectivity index (χ3n) is 1.91. The summed E-state index contributed by atoms with van der Waals surface area (Å²) in [5, 5.41) is 0.638. The highest BCUT2D eigenvalue weighted by molar-refractivity contribution is 6.32. The maximum absolute atomic E-state index is 6.00. The van der Waals surface area contributed by atoms with Crippen LogP contribution >= 0.6 is 23.2 Å². The van der Waals surface area contributed by atoms with Crippen molar-refractivity contribution in [3.8, 4) is 5.75 Å². The molecule has 0 heterocycles. The highest BCUT2D eigenvalue weighted by atomic mass is 35.5. The summed E-state index contributed by atoms with van der Waals surface area (Å²) >= 11 is 11.7. The summed E-state index contributed by atoms with van der Waals surface area (Å²) in [4.78, 5) is 0. The van der Waals surface area contributed by atoms with Crippen LogP contribution in [0.1, 0.15) is 25.3 Å². The van der Waals surface area contributed by atoms with E-state index in [-0.39, 0.29) is 0 Å². The molecule has 0 aliphatic rings. The Morgan fingerprint density at radius 3 is 2.71 bits per heavy atom. The third-order valence-corrected chi connectivity index (χ3v) is 2.51. The van der Waals surface area contributed by atoms with Crippen molar-refractivity contribution in [1.29, 1.82) is 0 Å². The summed E-state index contributed by atoms with van der Waals surface area (Å²) in [7, 11) is 0. The fourth-order valence-corrected chi connectivity index (χ4v) is 1.49. The van der Waals surface area contributed by atoms with Crippen molar-refractivity contribution in [1.82, 2.24) is 0 Å². The predicted molar refractivity (Wildman–Crippen MR) is 61.4 cm³/mol. The fourth-order valence-electron chi connectivity index (χ4n) is 1.07. The summed E-state index contributed by atoms with van der Waals surface area (Å²) in [6.45, 7) is 2.85. The van der Waals surface area contributed by atoms with Gasteiger partial charge in [0.2, 0.25) is 0 Å². The molecule has 0 amide bonds. The van der Waals surface area contributed by atoms with Crippen molar-refractivity contribution >= 4 is 23.2 Å². The predicted octanol–water partition coefficient (Wildman–Crippen LogP) is 4.26. The van der Waals surface area contributed by atoms with Crippen molar-refractivity contribution < 1.29 is 4.74 Å². The van der Waals surface area contributed by atoms with Gasteiger partial charge in [0.15, 0.2) is 0 Å². The van der Waals surface area contributed by atoms with Gasteiger partial charge in [-0.15, -0.1) is 11.6 Å². The van der Waals surface area contributed by atoms with Gasteiger partial charge in [-0.1, -0.05) is 31.0 Å². The molecule has 1 aromatic carbocycles. The van der Waals surface area contributed by atoms with Crippen molar-refractivity contribution in [2.24, 2.45) is 0 Å². The van der Waals surface area contributed by atoms with Gasteiger partial charge >= 0.3 is 0 Å². The van der Waals surface area contributed by atoms with Gasteiger partial charge < -0.3 is 4.74 Å². The number of unbranched alkanes of at least 4 members (excludes halogenated alkanes) is 1. The largest absolute Gasteiger partial charge is 0.492 e. The summed E-state index contributed by atoms with van der Waals surface area (Å²) in [5.74, 6) is 1.23. The van der Waals surface area contributed by atoms with Crippen LogP contribution in [-0.2, 0) is 5.88 Å². The van der Waals surface area contributed by atoms with E-state index in [4.69, 9.17) is 27.9 Å². The lowest BCUT2D eigenvalue weighted by Gasteiger charge is -2.07. The van der Waals surface area contributed by atoms with E-state index in [1.54, 1.807) is 0 Å². The second-order valence-electron chi connectivity index (χ2n) is 3.10. The lowest BCUT2D eigenvalue weighted by atomic mass is 10.2. The molecule has 3 heteroatoms. The molecule has 0 fully saturated rings. The van der Waals surface area contributed by atoms with Crippen LogP contribution in [0.3, 0.4) is 0 Å². The minimum absolute atomic E-state index is 0.481. The lowest BCUT2D eigenvalue weighted by Crippen LogP contribution is -1.97. The SMILES string of the molecule is CCCCOc1ccc(CCl)cc1Cl. The Morgan fingerprint density at radius 2 is 2.14 bits per heavy atom. The molecule has 0 N–H and O–H groups in total. The maximum Gasteiger partial charge on any atom is 0.137 e. The number of rotatable bonds is 5. The lowest BCUT2D eigenvalue weighted by molar-refractivity contribution is 0.309. The molecule has 0 saturated carbocycles. The highest BCUT2D eigenvalue weighted by Crippen LogP contribution is 2.26. The van der Waals surface area contributed by atoms with Gasteiger partial charge in [-0.3, -0.25) is 0 Å². The monoisotopic (exact) mass is 232 g/mol. The summed E-state index contributed by atoms with van der Waals surface area (Å²) in [6, 6.07) is 5.64. The second-order valence-corrected chi connectivity index (χ2v) is 3.77. The van der Waals surface area contributed by atoms with Crippen molar-refractivity contribution in [3.05, 3.63) is 28.8 Å². The first-order chi connectivity index (χ1) is 6.77. The van der Waals surface area contributed by atoms with Crippen molar-refractivity contribution in [3.63, 3.8) is 0 Å². The van der Waals surface area contributed by atoms with Crippen LogP contribution in [0.2, 0.25) is 5.02 Å². The standard InChI is InChI=1S/C11H14Cl2O/c1-2-3-6-14-11-5-4-9(8-12)7-10(11)13/h4-5,7H,2-3,6,8H2,1H3. The average molecular weight is 233 g/mol. The van der Waals surface area contributed by atoms with E-state index in [0.717, 1.165) is 30.8 Å². The number of benzene rings is 1. The van der Waals surface area contributed by atoms with Gasteiger partial charge in [-0.2, -0.15) is 0 Å². The van der Waals surface area contributed by atoms with Gasteiger partial charge in [-0.05, 0) is 24.1 Å². The van der Waals surface area contributed by atoms with Gasteiger partial charge in [-0.25, -0.2) is 0 Å². The molecular formula is C11H14Cl2O. The molecular weight excluding hydrogens is 219 g/mol. The Kier molecular flexibility index (Phi) is 5.13. The molecule has 0 aliphatic carbocycles. The molecule has 78 valence electrons. The van der Waals surface area contributed by atoms with Crippen LogP contribution in [0.25, 0.3) is 0 Å². The molecule has 0 spiro atoms. The summed E-state index contributed by atoms with van der Waals surface area (Å²) < 4.78 is 5.50. The molecule has 0 bridgehead atoms. The minimum atomic E-state index is 0.481. The van der Waals surface area contributed by atoms with Crippen LogP contribution < -0.4 is 4.74 Å². The molecule has 0 unspecified atom stereocenters. The van der Waals surface area contributed by atoms with E-state index in [9.17, 15) is 0 Å². The maximum atomic E-state index is 6.00. The van der Waals surface area contributed by atoms with E-state index in [1.807, 2.05) is 18.2 Å². The van der Waals surface area contributed by atoms with Crippen LogP contribution in [0.5, 0.6) is 5.75 Å². The Labute approximate surface area is 95.0 Å². The topological polar surface area (TPSA) is 9.23 Å². The zero-order valence-corrected chi connectivity index (χ0v) is 9.74. The summed E-state index contributed by atoms with van der Waals surface area (Å²) in [5.41, 5.74) is 1.01. The molecule has 1 rings (SSSR count). The highest BCUT2D eigenvalue weighted by Gasteiger charge is 2.01. The fraction of sp³-hybridized carbons (Fsp3) is 0.455. The van der Waals surface area contributed by atoms with Crippen molar-refractivity contribution in [2.45, 2.75) is 25.6 Å². The number of alkyl halides is 1.